The van der Waals surface area contributed by atoms with Crippen LogP contribution in [-0.2, 0) is 11.2 Å². The molecule has 0 unspecified atom stereocenters. The number of hydrogen-bond acceptors (Lipinski definition) is 4. The second-order valence-electron chi connectivity index (χ2n) is 5.49. The number of carboxylic acids is 1. The molecule has 1 aromatic carbocycles. The molecule has 2 aromatic rings. The third kappa shape index (κ3) is 3.61. The minimum atomic E-state index is -1.11. The number of thiophene rings is 1. The van der Waals surface area contributed by atoms with E-state index in [1.807, 2.05) is 4.90 Å². The predicted molar refractivity (Wildman–Crippen MR) is 94.8 cm³/mol. The molecule has 2 heterocycles. The van der Waals surface area contributed by atoms with E-state index in [0.29, 0.717) is 42.4 Å². The molecular weight excluding hydrogens is 367 g/mol. The molecule has 1 aromatic heterocycles. The maximum Gasteiger partial charge on any atom is 0.344 e. The number of halogens is 2. The summed E-state index contributed by atoms with van der Waals surface area (Å²) in [7, 11) is 0. The first kappa shape index (κ1) is 17.7. The van der Waals surface area contributed by atoms with Gasteiger partial charge in [0.05, 0.1) is 24.8 Å². The minimum absolute atomic E-state index is 0.0309. The Bertz CT molecular complexity index is 856. The standard InChI is InChI=1S/C17H14ClFN2O3S/c1-20-14-12(8-10-2-3-11(18)9-13(10)19)15(17(22)23)25-16(14)21-4-6-24-7-5-21/h2-3,9H,4-8H2,(H,22,23). The van der Waals surface area contributed by atoms with Gasteiger partial charge in [0.25, 0.3) is 0 Å². The molecule has 0 bridgehead atoms. The van der Waals surface area contributed by atoms with Gasteiger partial charge < -0.3 is 14.7 Å². The molecule has 130 valence electrons. The fraction of sp³-hybridized carbons (Fsp3) is 0.294. The van der Waals surface area contributed by atoms with Crippen LogP contribution in [0, 0.1) is 12.4 Å². The van der Waals surface area contributed by atoms with Crippen LogP contribution in [0.4, 0.5) is 15.1 Å². The van der Waals surface area contributed by atoms with E-state index in [9.17, 15) is 14.3 Å². The van der Waals surface area contributed by atoms with Crippen molar-refractivity contribution >= 4 is 39.6 Å². The first-order valence-corrected chi connectivity index (χ1v) is 8.73. The van der Waals surface area contributed by atoms with Gasteiger partial charge in [-0.1, -0.05) is 17.7 Å². The lowest BCUT2D eigenvalue weighted by molar-refractivity contribution is 0.0701. The van der Waals surface area contributed by atoms with E-state index in [2.05, 4.69) is 4.85 Å². The van der Waals surface area contributed by atoms with Crippen molar-refractivity contribution in [3.63, 3.8) is 0 Å². The van der Waals surface area contributed by atoms with Gasteiger partial charge in [0.2, 0.25) is 5.69 Å². The highest BCUT2D eigenvalue weighted by Crippen LogP contribution is 2.44. The summed E-state index contributed by atoms with van der Waals surface area (Å²) < 4.78 is 19.4. The first-order valence-electron chi connectivity index (χ1n) is 7.54. The van der Waals surface area contributed by atoms with Crippen LogP contribution >= 0.6 is 22.9 Å². The summed E-state index contributed by atoms with van der Waals surface area (Å²) in [6, 6.07) is 4.25. The Kier molecular flexibility index (Phi) is 5.23. The second kappa shape index (κ2) is 7.40. The number of morpholine rings is 1. The lowest BCUT2D eigenvalue weighted by atomic mass is 10.0. The van der Waals surface area contributed by atoms with E-state index < -0.39 is 11.8 Å². The molecule has 1 aliphatic heterocycles. The zero-order valence-corrected chi connectivity index (χ0v) is 14.7. The predicted octanol–water partition coefficient (Wildman–Crippen LogP) is 4.22. The van der Waals surface area contributed by atoms with Gasteiger partial charge in [0.15, 0.2) is 0 Å². The number of rotatable bonds is 4. The van der Waals surface area contributed by atoms with Crippen molar-refractivity contribution in [1.29, 1.82) is 0 Å². The highest BCUT2D eigenvalue weighted by atomic mass is 35.5. The summed E-state index contributed by atoms with van der Waals surface area (Å²) in [6.07, 6.45) is 0.0309. The number of carboxylic acid groups (broad SMARTS) is 1. The van der Waals surface area contributed by atoms with E-state index in [0.717, 1.165) is 11.3 Å². The van der Waals surface area contributed by atoms with Gasteiger partial charge in [-0.15, -0.1) is 11.3 Å². The smallest absolute Gasteiger partial charge is 0.344 e. The van der Waals surface area contributed by atoms with E-state index >= 15 is 0 Å². The summed E-state index contributed by atoms with van der Waals surface area (Å²) in [5, 5.41) is 10.4. The fourth-order valence-electron chi connectivity index (χ4n) is 2.73. The maximum atomic E-state index is 14.1. The van der Waals surface area contributed by atoms with Crippen molar-refractivity contribution in [2.24, 2.45) is 0 Å². The van der Waals surface area contributed by atoms with E-state index in [1.54, 1.807) is 6.07 Å². The lowest BCUT2D eigenvalue weighted by Gasteiger charge is -2.28. The zero-order valence-electron chi connectivity index (χ0n) is 13.1. The summed E-state index contributed by atoms with van der Waals surface area (Å²) in [6.45, 7) is 9.76. The third-order valence-electron chi connectivity index (χ3n) is 3.95. The summed E-state index contributed by atoms with van der Waals surface area (Å²) >= 11 is 6.83. The Hall–Kier alpha value is -2.14. The van der Waals surface area contributed by atoms with Crippen molar-refractivity contribution in [1.82, 2.24) is 0 Å². The molecule has 0 spiro atoms. The number of ether oxygens (including phenoxy) is 1. The number of aromatic carboxylic acids is 1. The number of benzene rings is 1. The number of nitrogens with zero attached hydrogens (tertiary/aromatic N) is 2. The average Bonchev–Trinajstić information content (AvgIpc) is 2.96. The Balaban J connectivity index is 2.06. The van der Waals surface area contributed by atoms with E-state index in [1.165, 1.54) is 12.1 Å². The van der Waals surface area contributed by atoms with Crippen molar-refractivity contribution in [3.05, 3.63) is 56.5 Å². The van der Waals surface area contributed by atoms with Crippen molar-refractivity contribution < 1.29 is 19.0 Å². The Morgan fingerprint density at radius 1 is 1.44 bits per heavy atom. The molecule has 0 saturated carbocycles. The molecular formula is C17H14ClFN2O3S. The maximum absolute atomic E-state index is 14.1. The monoisotopic (exact) mass is 380 g/mol. The van der Waals surface area contributed by atoms with Gasteiger partial charge in [-0.25, -0.2) is 14.0 Å². The van der Waals surface area contributed by atoms with Crippen LogP contribution in [0.15, 0.2) is 18.2 Å². The van der Waals surface area contributed by atoms with E-state index in [4.69, 9.17) is 22.9 Å². The number of hydrogen-bond donors (Lipinski definition) is 1. The van der Waals surface area contributed by atoms with Gasteiger partial charge >= 0.3 is 5.97 Å². The Morgan fingerprint density at radius 3 is 2.76 bits per heavy atom. The quantitative estimate of drug-likeness (QED) is 0.807. The molecule has 1 fully saturated rings. The molecule has 1 saturated heterocycles. The van der Waals surface area contributed by atoms with Crippen molar-refractivity contribution in [2.45, 2.75) is 6.42 Å². The molecule has 1 N–H and O–H groups in total. The van der Waals surface area contributed by atoms with Crippen LogP contribution in [0.2, 0.25) is 5.02 Å². The number of anilines is 1. The second-order valence-corrected chi connectivity index (χ2v) is 6.93. The molecule has 0 radical (unpaired) electrons. The molecule has 8 heteroatoms. The zero-order chi connectivity index (χ0) is 18.0. The highest BCUT2D eigenvalue weighted by molar-refractivity contribution is 7.18. The molecule has 3 rings (SSSR count). The van der Waals surface area contributed by atoms with Crippen LogP contribution in [0.25, 0.3) is 4.85 Å². The van der Waals surface area contributed by atoms with Crippen LogP contribution in [0.5, 0.6) is 0 Å². The summed E-state index contributed by atoms with van der Waals surface area (Å²) in [5.41, 5.74) is 0.928. The van der Waals surface area contributed by atoms with Gasteiger partial charge in [-0.05, 0) is 29.7 Å². The third-order valence-corrected chi connectivity index (χ3v) is 5.45. The molecule has 5 nitrogen and oxygen atoms in total. The average molecular weight is 381 g/mol. The molecule has 1 aliphatic rings. The van der Waals surface area contributed by atoms with Gasteiger partial charge in [-0.3, -0.25) is 0 Å². The van der Waals surface area contributed by atoms with Crippen LogP contribution in [-0.4, -0.2) is 37.4 Å². The van der Waals surface area contributed by atoms with Gasteiger partial charge in [0.1, 0.15) is 10.7 Å². The molecule has 0 amide bonds. The molecule has 25 heavy (non-hydrogen) atoms. The number of carbonyl (C=O) groups is 1. The SMILES string of the molecule is [C-]#[N+]c1c(N2CCOCC2)sc(C(=O)O)c1Cc1ccc(Cl)cc1F. The lowest BCUT2D eigenvalue weighted by Crippen LogP contribution is -2.35. The van der Waals surface area contributed by atoms with Crippen LogP contribution in [0.3, 0.4) is 0 Å². The summed E-state index contributed by atoms with van der Waals surface area (Å²) in [5.74, 6) is -1.63. The summed E-state index contributed by atoms with van der Waals surface area (Å²) in [4.78, 5) is 17.2. The largest absolute Gasteiger partial charge is 0.477 e. The van der Waals surface area contributed by atoms with Crippen LogP contribution in [0.1, 0.15) is 20.8 Å². The van der Waals surface area contributed by atoms with Gasteiger partial charge in [0, 0.05) is 18.1 Å². The van der Waals surface area contributed by atoms with Crippen molar-refractivity contribution in [2.75, 3.05) is 31.2 Å². The molecule has 0 aliphatic carbocycles. The molecule has 0 atom stereocenters. The first-order chi connectivity index (χ1) is 12.0. The topological polar surface area (TPSA) is 54.1 Å². The Labute approximate surface area is 153 Å². The van der Waals surface area contributed by atoms with Gasteiger partial charge in [-0.2, -0.15) is 0 Å². The highest BCUT2D eigenvalue weighted by Gasteiger charge is 2.27. The Morgan fingerprint density at radius 2 is 2.16 bits per heavy atom. The minimum Gasteiger partial charge on any atom is -0.477 e. The van der Waals surface area contributed by atoms with Crippen LogP contribution < -0.4 is 4.90 Å². The fourth-order valence-corrected chi connectivity index (χ4v) is 4.04. The van der Waals surface area contributed by atoms with Crippen molar-refractivity contribution in [3.8, 4) is 0 Å². The normalized spacial score (nSPS) is 14.4. The van der Waals surface area contributed by atoms with E-state index in [-0.39, 0.29) is 22.0 Å².